The molecule has 30 nitrogen and oxygen atoms in total. The number of carbonyl (C=O) groups excluding carboxylic acids is 6. The first-order valence-electron chi connectivity index (χ1n) is 24.7. The number of phenolic OH excluding ortho intramolecular Hbond substituents is 15. The number of benzene rings is 6. The van der Waals surface area contributed by atoms with Gasteiger partial charge in [-0.2, -0.15) is 0 Å². The molecule has 4 bridgehead atoms. The van der Waals surface area contributed by atoms with Gasteiger partial charge in [0.25, 0.3) is 0 Å². The van der Waals surface area contributed by atoms with Gasteiger partial charge in [-0.15, -0.1) is 0 Å². The van der Waals surface area contributed by atoms with Gasteiger partial charge in [-0.3, -0.25) is 9.59 Å². The van der Waals surface area contributed by atoms with Crippen molar-refractivity contribution in [2.75, 3.05) is 6.61 Å². The Morgan fingerprint density at radius 3 is 1.66 bits per heavy atom. The first-order valence-corrected chi connectivity index (χ1v) is 24.7. The van der Waals surface area contributed by atoms with Crippen molar-refractivity contribution in [3.8, 4) is 109 Å². The van der Waals surface area contributed by atoms with E-state index in [0.29, 0.717) is 30.3 Å². The molecule has 6 aromatic carbocycles. The lowest BCUT2D eigenvalue weighted by molar-refractivity contribution is -0.200. The summed E-state index contributed by atoms with van der Waals surface area (Å²) in [5.41, 5.74) is -12.8. The molecule has 5 heterocycles. The molecule has 0 amide bonds. The van der Waals surface area contributed by atoms with Gasteiger partial charge < -0.3 is 120 Å². The maximum Gasteiger partial charge on any atom is 0.339 e. The van der Waals surface area contributed by atoms with Crippen LogP contribution >= 0.6 is 0 Å². The summed E-state index contributed by atoms with van der Waals surface area (Å²) in [4.78, 5) is 89.8. The molecule has 12 rings (SSSR count). The maximum atomic E-state index is 15.4. The molecule has 1 spiro atoms. The Labute approximate surface area is 469 Å². The number of ether oxygens (including phenoxy) is 7. The fraction of sp³-hybridized carbons (Fsp3) is 0.200. The zero-order valence-corrected chi connectivity index (χ0v) is 42.1. The number of cyclic esters (lactones) is 3. The van der Waals surface area contributed by atoms with E-state index in [1.807, 2.05) is 0 Å². The van der Waals surface area contributed by atoms with E-state index in [-0.39, 0.29) is 16.9 Å². The Morgan fingerprint density at radius 1 is 0.529 bits per heavy atom. The van der Waals surface area contributed by atoms with Gasteiger partial charge in [-0.1, -0.05) is 6.07 Å². The van der Waals surface area contributed by atoms with Crippen LogP contribution in [0.1, 0.15) is 75.7 Å². The summed E-state index contributed by atoms with van der Waals surface area (Å²) in [6.07, 6.45) is -14.7. The van der Waals surface area contributed by atoms with Crippen LogP contribution in [0.2, 0.25) is 0 Å². The number of carbonyl (C=O) groups is 6. The van der Waals surface area contributed by atoms with Crippen LogP contribution in [0.4, 0.5) is 0 Å². The minimum Gasteiger partial charge on any atom is -0.507 e. The minimum absolute atomic E-state index is 0.0685. The zero-order chi connectivity index (χ0) is 61.1. The first kappa shape index (κ1) is 54.0. The number of aliphatic hydroxyl groups excluding tert-OH is 2. The van der Waals surface area contributed by atoms with E-state index >= 15 is 19.2 Å². The van der Waals surface area contributed by atoms with E-state index in [1.165, 1.54) is 6.07 Å². The summed E-state index contributed by atoms with van der Waals surface area (Å²) < 4.78 is 42.1. The standard InChI is InChI=1S/C55H38O30/c56-18-2-1-12(3-19(18)57)44-26(64)6-14-27(80-44)10-20(58)32-34-47-48(84-53(77)17-9-25(63)39(68)42(71)31(17)33-35(54(78)83-47)55(34,85-45(14)32)49(73)43(33)72)46-28(81-50(74)13-4-21(59)36(65)22(60)5-13)11-79-51(75)15-7-23(61)37(66)40(69)29(15)30-16(52(76)82-46)8-24(62)38(67)41(30)70/h1-5,7-10,26,28,34-35,44,46-48,56-72H,6,11H2/t26-,28-,34+,35+,44-,46-,47+,48+,55+/m1/s1. The average Bonchev–Trinajstić information content (AvgIpc) is 1.52. The van der Waals surface area contributed by atoms with Crippen LogP contribution in [0.25, 0.3) is 16.7 Å². The van der Waals surface area contributed by atoms with Gasteiger partial charge in [0, 0.05) is 45.9 Å². The van der Waals surface area contributed by atoms with Crippen molar-refractivity contribution in [1.29, 1.82) is 0 Å². The SMILES string of the molecule is O=C(O[C@@H]1COC(=O)c2cc(O)c(O)c(O)c2-c2c(cc(O)c(O)c2O)C(=O)O[C@H]1[C@@H]1OC(=O)c2cc(O)c(O)c(O)c2C2=C(O)C(=O)[C@]34Oc5c6c(cc(O)c5[C@H]3[C@@H]1OC(=O)[C@H]24)O[C@H](c1ccc(O)c(O)c1)[C@H](O)C6)c1cc(O)c(O)c(O)c1. The number of aromatic hydroxyl groups is 15. The highest BCUT2D eigenvalue weighted by Crippen LogP contribution is 2.67. The van der Waals surface area contributed by atoms with Gasteiger partial charge in [0.15, 0.2) is 93.4 Å². The van der Waals surface area contributed by atoms with Crippen LogP contribution in [0.3, 0.4) is 0 Å². The largest absolute Gasteiger partial charge is 0.507 e. The van der Waals surface area contributed by atoms with E-state index in [4.69, 9.17) is 33.2 Å². The van der Waals surface area contributed by atoms with Gasteiger partial charge in [-0.25, -0.2) is 19.2 Å². The highest BCUT2D eigenvalue weighted by Gasteiger charge is 2.76. The minimum atomic E-state index is -3.11. The molecule has 17 N–H and O–H groups in total. The van der Waals surface area contributed by atoms with Crippen molar-refractivity contribution >= 4 is 41.2 Å². The van der Waals surface area contributed by atoms with E-state index < -0.39 is 251 Å². The molecule has 1 fully saturated rings. The monoisotopic (exact) mass is 1180 g/mol. The van der Waals surface area contributed by atoms with Crippen LogP contribution in [0.15, 0.2) is 60.4 Å². The summed E-state index contributed by atoms with van der Waals surface area (Å²) in [6, 6.07) is 6.47. The molecule has 85 heavy (non-hydrogen) atoms. The Balaban J connectivity index is 1.12. The van der Waals surface area contributed by atoms with Crippen LogP contribution in [-0.4, -0.2) is 165 Å². The molecule has 0 aromatic heterocycles. The molecule has 1 saturated heterocycles. The molecule has 5 aliphatic heterocycles. The average molecular weight is 1180 g/mol. The van der Waals surface area contributed by atoms with E-state index in [1.54, 1.807) is 0 Å². The summed E-state index contributed by atoms with van der Waals surface area (Å²) in [5.74, 6) is -36.4. The number of hydrogen-bond donors (Lipinski definition) is 17. The predicted molar refractivity (Wildman–Crippen MR) is 268 cm³/mol. The lowest BCUT2D eigenvalue weighted by Crippen LogP contribution is -2.65. The normalized spacial score (nSPS) is 24.5. The maximum absolute atomic E-state index is 15.4. The molecule has 1 aliphatic carbocycles. The van der Waals surface area contributed by atoms with Gasteiger partial charge in [0.1, 0.15) is 35.9 Å². The Kier molecular flexibility index (Phi) is 11.8. The van der Waals surface area contributed by atoms with Gasteiger partial charge in [-0.05, 0) is 48.0 Å². The number of fused-ring (bicyclic) bond motifs is 8. The second-order valence-corrected chi connectivity index (χ2v) is 20.2. The van der Waals surface area contributed by atoms with Crippen LogP contribution < -0.4 is 9.47 Å². The van der Waals surface area contributed by atoms with Crippen LogP contribution in [0.5, 0.6) is 97.7 Å². The molecule has 30 heteroatoms. The van der Waals surface area contributed by atoms with Crippen molar-refractivity contribution < 1.29 is 149 Å². The number of Topliss-reactive ketones (excluding diaryl/α,β-unsaturated/α-hetero) is 1. The molecule has 0 unspecified atom stereocenters. The highest BCUT2D eigenvalue weighted by atomic mass is 16.6. The van der Waals surface area contributed by atoms with Crippen molar-refractivity contribution in [3.05, 3.63) is 105 Å². The third-order valence-corrected chi connectivity index (χ3v) is 15.5. The fourth-order valence-electron chi connectivity index (χ4n) is 11.7. The Morgan fingerprint density at radius 2 is 1.07 bits per heavy atom. The topological polar surface area (TPSA) is 511 Å². The summed E-state index contributed by atoms with van der Waals surface area (Å²) in [5, 5.41) is 187. The lowest BCUT2D eigenvalue weighted by atomic mass is 9.67. The van der Waals surface area contributed by atoms with Crippen molar-refractivity contribution in [2.45, 2.75) is 54.6 Å². The predicted octanol–water partition coefficient (Wildman–Crippen LogP) is 2.44. The molecule has 6 aliphatic rings. The van der Waals surface area contributed by atoms with Crippen LogP contribution in [0, 0.1) is 5.92 Å². The number of ketones is 1. The summed E-state index contributed by atoms with van der Waals surface area (Å²) in [6.45, 7) is -1.56. The number of aliphatic hydroxyl groups is 2. The highest BCUT2D eigenvalue weighted by molar-refractivity contribution is 6.21. The van der Waals surface area contributed by atoms with Crippen molar-refractivity contribution in [2.24, 2.45) is 5.92 Å². The molecule has 0 radical (unpaired) electrons. The lowest BCUT2D eigenvalue weighted by Gasteiger charge is -2.47. The Bertz CT molecular complexity index is 4100. The first-order chi connectivity index (χ1) is 40.2. The quantitative estimate of drug-likeness (QED) is 0.0684. The number of esters is 5. The number of phenols is 15. The third-order valence-electron chi connectivity index (χ3n) is 15.5. The van der Waals surface area contributed by atoms with Gasteiger partial charge in [0.05, 0.1) is 34.3 Å². The number of hydrogen-bond acceptors (Lipinski definition) is 30. The molecule has 6 aromatic rings. The van der Waals surface area contributed by atoms with Gasteiger partial charge in [0.2, 0.25) is 28.6 Å². The van der Waals surface area contributed by atoms with Crippen molar-refractivity contribution in [1.82, 2.24) is 0 Å². The summed E-state index contributed by atoms with van der Waals surface area (Å²) in [7, 11) is 0. The molecule has 0 saturated carbocycles. The second kappa shape index (κ2) is 18.5. The Hall–Kier alpha value is -11.6. The second-order valence-electron chi connectivity index (χ2n) is 20.2. The third kappa shape index (κ3) is 7.60. The smallest absolute Gasteiger partial charge is 0.339 e. The zero-order valence-electron chi connectivity index (χ0n) is 42.1. The summed E-state index contributed by atoms with van der Waals surface area (Å²) >= 11 is 0. The molecule has 438 valence electrons. The molecule has 9 atom stereocenters. The fourth-order valence-corrected chi connectivity index (χ4v) is 11.7. The molecular weight excluding hydrogens is 1140 g/mol. The van der Waals surface area contributed by atoms with E-state index in [9.17, 15) is 96.4 Å². The van der Waals surface area contributed by atoms with E-state index in [0.717, 1.165) is 18.2 Å². The van der Waals surface area contributed by atoms with Gasteiger partial charge >= 0.3 is 29.8 Å². The molecular formula is C55H38O30. The van der Waals surface area contributed by atoms with Crippen molar-refractivity contribution in [3.63, 3.8) is 0 Å². The van der Waals surface area contributed by atoms with E-state index in [2.05, 4.69) is 0 Å². The van der Waals surface area contributed by atoms with Crippen LogP contribution in [-0.2, 0) is 39.7 Å². The number of rotatable bonds is 4.